The second-order valence-electron chi connectivity index (χ2n) is 5.98. The van der Waals surface area contributed by atoms with E-state index in [2.05, 4.69) is 64.7 Å². The number of hydrogen-bond donors (Lipinski definition) is 2. The first-order valence-corrected chi connectivity index (χ1v) is 9.51. The average molecular weight is 335 g/mol. The van der Waals surface area contributed by atoms with Crippen LogP contribution in [-0.4, -0.2) is 55.4 Å². The smallest absolute Gasteiger partial charge is 0.191 e. The molecule has 0 aromatic heterocycles. The summed E-state index contributed by atoms with van der Waals surface area (Å²) in [6, 6.07) is 11.4. The highest BCUT2D eigenvalue weighted by atomic mass is 32.2. The molecule has 0 saturated heterocycles. The van der Waals surface area contributed by atoms with Crippen molar-refractivity contribution in [2.45, 2.75) is 42.9 Å². The number of aliphatic imine (C=N–C) groups is 1. The molecule has 128 valence electrons. The van der Waals surface area contributed by atoms with Crippen LogP contribution in [0.4, 0.5) is 0 Å². The molecule has 1 atom stereocenters. The van der Waals surface area contributed by atoms with Gasteiger partial charge in [-0.05, 0) is 31.5 Å². The molecule has 2 rings (SSSR count). The van der Waals surface area contributed by atoms with Crippen molar-refractivity contribution in [1.82, 2.24) is 15.5 Å². The number of likely N-dealkylation sites (N-methyl/N-ethyl adjacent to an activating group) is 1. The number of thioether (sulfide) groups is 1. The van der Waals surface area contributed by atoms with Crippen LogP contribution in [0, 0.1) is 0 Å². The van der Waals surface area contributed by atoms with E-state index in [1.807, 2.05) is 18.8 Å². The zero-order valence-corrected chi connectivity index (χ0v) is 15.4. The maximum atomic E-state index is 4.32. The Hall–Kier alpha value is -1.20. The highest BCUT2D eigenvalue weighted by Crippen LogP contribution is 2.25. The zero-order valence-electron chi connectivity index (χ0n) is 14.6. The summed E-state index contributed by atoms with van der Waals surface area (Å²) < 4.78 is 0. The van der Waals surface area contributed by atoms with Crippen LogP contribution in [0.1, 0.15) is 26.7 Å². The van der Waals surface area contributed by atoms with Gasteiger partial charge in [-0.25, -0.2) is 0 Å². The summed E-state index contributed by atoms with van der Waals surface area (Å²) in [4.78, 5) is 8.18. The Morgan fingerprint density at radius 3 is 2.65 bits per heavy atom. The van der Waals surface area contributed by atoms with Crippen molar-refractivity contribution in [3.05, 3.63) is 30.3 Å². The van der Waals surface area contributed by atoms with E-state index in [1.54, 1.807) is 0 Å². The summed E-state index contributed by atoms with van der Waals surface area (Å²) in [5.74, 6) is 0.900. The van der Waals surface area contributed by atoms with E-state index in [9.17, 15) is 0 Å². The Morgan fingerprint density at radius 1 is 1.30 bits per heavy atom. The fourth-order valence-electron chi connectivity index (χ4n) is 2.59. The van der Waals surface area contributed by atoms with Gasteiger partial charge in [0, 0.05) is 42.9 Å². The number of guanidine groups is 1. The van der Waals surface area contributed by atoms with E-state index < -0.39 is 0 Å². The van der Waals surface area contributed by atoms with Gasteiger partial charge < -0.3 is 10.6 Å². The summed E-state index contributed by atoms with van der Waals surface area (Å²) in [5, 5.41) is 7.34. The van der Waals surface area contributed by atoms with Gasteiger partial charge in [0.05, 0.1) is 0 Å². The number of rotatable bonds is 9. The van der Waals surface area contributed by atoms with Gasteiger partial charge in [0.15, 0.2) is 5.96 Å². The number of nitrogens with zero attached hydrogens (tertiary/aromatic N) is 2. The van der Waals surface area contributed by atoms with E-state index in [-0.39, 0.29) is 0 Å². The third-order valence-corrected chi connectivity index (χ3v) is 5.14. The van der Waals surface area contributed by atoms with Gasteiger partial charge >= 0.3 is 0 Å². The maximum absolute atomic E-state index is 4.32. The minimum Gasteiger partial charge on any atom is -0.355 e. The first kappa shape index (κ1) is 18.1. The van der Waals surface area contributed by atoms with Gasteiger partial charge in [0.2, 0.25) is 0 Å². The second-order valence-corrected chi connectivity index (χ2v) is 7.49. The SMILES string of the molecule is CCN(CCNC(=NC)NCC(C)Sc1ccccc1)C1CC1. The van der Waals surface area contributed by atoms with Gasteiger partial charge in [-0.15, -0.1) is 11.8 Å². The fraction of sp³-hybridized carbons (Fsp3) is 0.611. The van der Waals surface area contributed by atoms with Gasteiger partial charge in [-0.3, -0.25) is 9.89 Å². The molecule has 1 aliphatic rings. The van der Waals surface area contributed by atoms with Crippen LogP contribution < -0.4 is 10.6 Å². The van der Waals surface area contributed by atoms with Crippen LogP contribution in [0.3, 0.4) is 0 Å². The van der Waals surface area contributed by atoms with E-state index in [4.69, 9.17) is 0 Å². The summed E-state index contributed by atoms with van der Waals surface area (Å²) in [6.07, 6.45) is 2.74. The van der Waals surface area contributed by atoms with E-state index >= 15 is 0 Å². The van der Waals surface area contributed by atoms with Crippen LogP contribution in [0.15, 0.2) is 40.2 Å². The lowest BCUT2D eigenvalue weighted by Crippen LogP contribution is -2.43. The fourth-order valence-corrected chi connectivity index (χ4v) is 3.54. The van der Waals surface area contributed by atoms with Crippen LogP contribution in [0.2, 0.25) is 0 Å². The molecule has 2 N–H and O–H groups in total. The summed E-state index contributed by atoms with van der Waals surface area (Å²) >= 11 is 1.89. The van der Waals surface area contributed by atoms with E-state index in [0.717, 1.165) is 38.2 Å². The second kappa shape index (κ2) is 9.83. The monoisotopic (exact) mass is 334 g/mol. The topological polar surface area (TPSA) is 39.7 Å². The van der Waals surface area contributed by atoms with Crippen LogP contribution in [-0.2, 0) is 0 Å². The molecule has 0 heterocycles. The van der Waals surface area contributed by atoms with Gasteiger partial charge in [0.1, 0.15) is 0 Å². The third kappa shape index (κ3) is 6.83. The van der Waals surface area contributed by atoms with Crippen LogP contribution >= 0.6 is 11.8 Å². The third-order valence-electron chi connectivity index (χ3n) is 4.02. The molecule has 1 aromatic carbocycles. The van der Waals surface area contributed by atoms with Gasteiger partial charge in [-0.1, -0.05) is 32.0 Å². The standard InChI is InChI=1S/C18H30N4S/c1-4-22(16-10-11-16)13-12-20-18(19-3)21-14-15(2)23-17-8-6-5-7-9-17/h5-9,15-16H,4,10-14H2,1-3H3,(H2,19,20,21). The predicted molar refractivity (Wildman–Crippen MR) is 101 cm³/mol. The molecule has 1 unspecified atom stereocenters. The maximum Gasteiger partial charge on any atom is 0.191 e. The van der Waals surface area contributed by atoms with Crippen molar-refractivity contribution in [3.63, 3.8) is 0 Å². The molecule has 0 spiro atoms. The minimum absolute atomic E-state index is 0.495. The molecule has 23 heavy (non-hydrogen) atoms. The normalized spacial score (nSPS) is 16.4. The largest absolute Gasteiger partial charge is 0.355 e. The molecule has 1 aromatic rings. The number of nitrogens with one attached hydrogen (secondary N) is 2. The Balaban J connectivity index is 1.64. The highest BCUT2D eigenvalue weighted by Gasteiger charge is 2.27. The molecule has 0 radical (unpaired) electrons. The molecule has 5 heteroatoms. The van der Waals surface area contributed by atoms with Crippen molar-refractivity contribution < 1.29 is 0 Å². The van der Waals surface area contributed by atoms with Gasteiger partial charge in [-0.2, -0.15) is 0 Å². The first-order valence-electron chi connectivity index (χ1n) is 8.63. The quantitative estimate of drug-likeness (QED) is 0.414. The van der Waals surface area contributed by atoms with Crippen molar-refractivity contribution in [2.75, 3.05) is 33.2 Å². The van der Waals surface area contributed by atoms with Crippen molar-refractivity contribution in [3.8, 4) is 0 Å². The first-order chi connectivity index (χ1) is 11.2. The average Bonchev–Trinajstić information content (AvgIpc) is 3.40. The van der Waals surface area contributed by atoms with E-state index in [1.165, 1.54) is 17.7 Å². The van der Waals surface area contributed by atoms with Crippen LogP contribution in [0.5, 0.6) is 0 Å². The zero-order chi connectivity index (χ0) is 16.5. The molecule has 0 amide bonds. The lowest BCUT2D eigenvalue weighted by atomic mass is 10.4. The van der Waals surface area contributed by atoms with Crippen LogP contribution in [0.25, 0.3) is 0 Å². The number of benzene rings is 1. The molecule has 0 aliphatic heterocycles. The van der Waals surface area contributed by atoms with Crippen molar-refractivity contribution >= 4 is 17.7 Å². The Kier molecular flexibility index (Phi) is 7.76. The minimum atomic E-state index is 0.495. The molecule has 0 bridgehead atoms. The highest BCUT2D eigenvalue weighted by molar-refractivity contribution is 8.00. The molecule has 1 saturated carbocycles. The van der Waals surface area contributed by atoms with Crippen molar-refractivity contribution in [2.24, 2.45) is 4.99 Å². The summed E-state index contributed by atoms with van der Waals surface area (Å²) in [6.45, 7) is 8.57. The molecular formula is C18H30N4S. The molecule has 1 aliphatic carbocycles. The lowest BCUT2D eigenvalue weighted by Gasteiger charge is -2.21. The van der Waals surface area contributed by atoms with Crippen molar-refractivity contribution in [1.29, 1.82) is 0 Å². The Labute approximate surface area is 145 Å². The number of hydrogen-bond acceptors (Lipinski definition) is 3. The van der Waals surface area contributed by atoms with E-state index in [0.29, 0.717) is 5.25 Å². The van der Waals surface area contributed by atoms with Gasteiger partial charge in [0.25, 0.3) is 0 Å². The predicted octanol–water partition coefficient (Wildman–Crippen LogP) is 2.82. The summed E-state index contributed by atoms with van der Waals surface area (Å²) in [5.41, 5.74) is 0. The Bertz CT molecular complexity index is 473. The molecule has 1 fully saturated rings. The Morgan fingerprint density at radius 2 is 2.04 bits per heavy atom. The molecular weight excluding hydrogens is 304 g/mol. The lowest BCUT2D eigenvalue weighted by molar-refractivity contribution is 0.282. The molecule has 4 nitrogen and oxygen atoms in total. The summed E-state index contributed by atoms with van der Waals surface area (Å²) in [7, 11) is 1.84.